The molecule has 0 aliphatic rings. The zero-order chi connectivity index (χ0) is 14.0. The van der Waals surface area contributed by atoms with Crippen LogP contribution in [0, 0.1) is 19.7 Å². The minimum atomic E-state index is -0.712. The second-order valence-corrected chi connectivity index (χ2v) is 4.82. The number of hydrogen-bond donors (Lipinski definition) is 1. The summed E-state index contributed by atoms with van der Waals surface area (Å²) < 4.78 is 15.4. The number of nitrogens with zero attached hydrogens (tertiary/aromatic N) is 2. The van der Waals surface area contributed by atoms with Crippen LogP contribution in [0.5, 0.6) is 0 Å². The van der Waals surface area contributed by atoms with Gasteiger partial charge in [-0.2, -0.15) is 5.10 Å². The van der Waals surface area contributed by atoms with Gasteiger partial charge in [-0.25, -0.2) is 4.39 Å². The molecule has 0 aliphatic heterocycles. The van der Waals surface area contributed by atoms with Gasteiger partial charge < -0.3 is 5.11 Å². The zero-order valence-corrected chi connectivity index (χ0v) is 11.5. The average molecular weight is 262 g/mol. The molecule has 0 amide bonds. The number of aliphatic hydroxyl groups excluding tert-OH is 1. The van der Waals surface area contributed by atoms with Gasteiger partial charge in [-0.3, -0.25) is 4.68 Å². The summed E-state index contributed by atoms with van der Waals surface area (Å²) in [6.45, 7) is 6.40. The number of aromatic nitrogens is 2. The summed E-state index contributed by atoms with van der Waals surface area (Å²) in [4.78, 5) is 0. The molecular formula is C15H19FN2O. The third-order valence-electron chi connectivity index (χ3n) is 3.27. The smallest absolute Gasteiger partial charge is 0.126 e. The van der Waals surface area contributed by atoms with E-state index in [-0.39, 0.29) is 5.82 Å². The molecule has 4 heteroatoms. The fourth-order valence-electron chi connectivity index (χ4n) is 2.17. The van der Waals surface area contributed by atoms with Crippen molar-refractivity contribution in [2.24, 2.45) is 0 Å². The molecule has 3 nitrogen and oxygen atoms in total. The van der Waals surface area contributed by atoms with Crippen molar-refractivity contribution in [3.05, 3.63) is 52.6 Å². The largest absolute Gasteiger partial charge is 0.388 e. The molecule has 0 aliphatic carbocycles. The van der Waals surface area contributed by atoms with Crippen LogP contribution in [0.1, 0.15) is 35.5 Å². The van der Waals surface area contributed by atoms with E-state index in [4.69, 9.17) is 0 Å². The Morgan fingerprint density at radius 1 is 1.32 bits per heavy atom. The summed E-state index contributed by atoms with van der Waals surface area (Å²) in [7, 11) is 0. The van der Waals surface area contributed by atoms with E-state index < -0.39 is 6.10 Å². The SMILES string of the molecule is CCn1nc(C)cc1CC(O)c1ccc(C)c(F)c1. The molecule has 1 N–H and O–H groups in total. The molecule has 1 heterocycles. The Bertz CT molecular complexity index is 578. The molecule has 1 atom stereocenters. The number of hydrogen-bond acceptors (Lipinski definition) is 2. The summed E-state index contributed by atoms with van der Waals surface area (Å²) in [6, 6.07) is 6.82. The van der Waals surface area contributed by atoms with Crippen LogP contribution in [0.3, 0.4) is 0 Å². The molecule has 0 bridgehead atoms. The number of aryl methyl sites for hydroxylation is 3. The van der Waals surface area contributed by atoms with Gasteiger partial charge in [-0.15, -0.1) is 0 Å². The normalized spacial score (nSPS) is 12.7. The predicted octanol–water partition coefficient (Wildman–Crippen LogP) is 2.94. The fourth-order valence-corrected chi connectivity index (χ4v) is 2.17. The highest BCUT2D eigenvalue weighted by Crippen LogP contribution is 2.21. The number of benzene rings is 1. The van der Waals surface area contributed by atoms with E-state index in [2.05, 4.69) is 5.10 Å². The highest BCUT2D eigenvalue weighted by Gasteiger charge is 2.14. The topological polar surface area (TPSA) is 38.0 Å². The van der Waals surface area contributed by atoms with Crippen LogP contribution < -0.4 is 0 Å². The van der Waals surface area contributed by atoms with E-state index in [1.54, 1.807) is 19.1 Å². The molecule has 0 radical (unpaired) electrons. The Kier molecular flexibility index (Phi) is 4.00. The molecule has 0 fully saturated rings. The van der Waals surface area contributed by atoms with Crippen molar-refractivity contribution in [3.8, 4) is 0 Å². The first-order valence-electron chi connectivity index (χ1n) is 6.48. The first-order chi connectivity index (χ1) is 9.01. The van der Waals surface area contributed by atoms with E-state index in [1.807, 2.05) is 24.6 Å². The molecule has 0 saturated carbocycles. The Hall–Kier alpha value is -1.68. The van der Waals surface area contributed by atoms with Gasteiger partial charge in [-0.1, -0.05) is 12.1 Å². The van der Waals surface area contributed by atoms with Gasteiger partial charge in [0, 0.05) is 18.7 Å². The summed E-state index contributed by atoms with van der Waals surface area (Å²) in [6.07, 6.45) is -0.270. The molecular weight excluding hydrogens is 243 g/mol. The molecule has 2 rings (SSSR count). The summed E-state index contributed by atoms with van der Waals surface area (Å²) >= 11 is 0. The van der Waals surface area contributed by atoms with E-state index in [0.29, 0.717) is 17.5 Å². The number of rotatable bonds is 4. The minimum Gasteiger partial charge on any atom is -0.388 e. The van der Waals surface area contributed by atoms with Crippen molar-refractivity contribution >= 4 is 0 Å². The molecule has 102 valence electrons. The summed E-state index contributed by atoms with van der Waals surface area (Å²) in [5.74, 6) is -0.281. The van der Waals surface area contributed by atoms with E-state index in [9.17, 15) is 9.50 Å². The maximum Gasteiger partial charge on any atom is 0.126 e. The highest BCUT2D eigenvalue weighted by atomic mass is 19.1. The van der Waals surface area contributed by atoms with Gasteiger partial charge in [0.2, 0.25) is 0 Å². The molecule has 19 heavy (non-hydrogen) atoms. The molecule has 0 saturated heterocycles. The van der Waals surface area contributed by atoms with E-state index in [0.717, 1.165) is 17.9 Å². The number of halogens is 1. The standard InChI is InChI=1S/C15H19FN2O/c1-4-18-13(7-11(3)17-18)9-15(19)12-6-5-10(2)14(16)8-12/h5-8,15,19H,4,9H2,1-3H3. The van der Waals surface area contributed by atoms with Crippen molar-refractivity contribution in [1.82, 2.24) is 9.78 Å². The lowest BCUT2D eigenvalue weighted by atomic mass is 10.0. The zero-order valence-electron chi connectivity index (χ0n) is 11.5. The van der Waals surface area contributed by atoms with E-state index >= 15 is 0 Å². The van der Waals surface area contributed by atoms with Crippen LogP contribution in [0.4, 0.5) is 4.39 Å². The van der Waals surface area contributed by atoms with Crippen molar-refractivity contribution in [1.29, 1.82) is 0 Å². The van der Waals surface area contributed by atoms with Crippen LogP contribution in [-0.2, 0) is 13.0 Å². The van der Waals surface area contributed by atoms with Crippen molar-refractivity contribution in [2.45, 2.75) is 39.8 Å². The maximum atomic E-state index is 13.5. The predicted molar refractivity (Wildman–Crippen MR) is 72.4 cm³/mol. The van der Waals surface area contributed by atoms with Gasteiger partial charge in [-0.05, 0) is 44.0 Å². The lowest BCUT2D eigenvalue weighted by Crippen LogP contribution is -2.08. The minimum absolute atomic E-state index is 0.281. The first kappa shape index (κ1) is 13.7. The van der Waals surface area contributed by atoms with Gasteiger partial charge >= 0.3 is 0 Å². The molecule has 0 spiro atoms. The average Bonchev–Trinajstić information content (AvgIpc) is 2.72. The van der Waals surface area contributed by atoms with Crippen molar-refractivity contribution in [2.75, 3.05) is 0 Å². The van der Waals surface area contributed by atoms with Crippen LogP contribution in [0.15, 0.2) is 24.3 Å². The van der Waals surface area contributed by atoms with Crippen molar-refractivity contribution in [3.63, 3.8) is 0 Å². The number of aliphatic hydroxyl groups is 1. The first-order valence-corrected chi connectivity index (χ1v) is 6.48. The molecule has 1 unspecified atom stereocenters. The summed E-state index contributed by atoms with van der Waals surface area (Å²) in [5, 5.41) is 14.5. The van der Waals surface area contributed by atoms with Gasteiger partial charge in [0.05, 0.1) is 11.8 Å². The van der Waals surface area contributed by atoms with Gasteiger partial charge in [0.1, 0.15) is 5.82 Å². The van der Waals surface area contributed by atoms with E-state index in [1.165, 1.54) is 6.07 Å². The third kappa shape index (κ3) is 3.01. The monoisotopic (exact) mass is 262 g/mol. The quantitative estimate of drug-likeness (QED) is 0.920. The Balaban J connectivity index is 2.20. The summed E-state index contributed by atoms with van der Waals surface area (Å²) in [5.41, 5.74) is 3.09. The molecule has 1 aromatic heterocycles. The van der Waals surface area contributed by atoms with Crippen LogP contribution in [0.2, 0.25) is 0 Å². The Labute approximate surface area is 112 Å². The second kappa shape index (κ2) is 5.53. The highest BCUT2D eigenvalue weighted by molar-refractivity contribution is 5.26. The third-order valence-corrected chi connectivity index (χ3v) is 3.27. The van der Waals surface area contributed by atoms with Crippen LogP contribution >= 0.6 is 0 Å². The molecule has 1 aromatic carbocycles. The second-order valence-electron chi connectivity index (χ2n) is 4.82. The lowest BCUT2D eigenvalue weighted by Gasteiger charge is -2.12. The fraction of sp³-hybridized carbons (Fsp3) is 0.400. The van der Waals surface area contributed by atoms with Crippen molar-refractivity contribution < 1.29 is 9.50 Å². The molecule has 2 aromatic rings. The lowest BCUT2D eigenvalue weighted by molar-refractivity contribution is 0.175. The van der Waals surface area contributed by atoms with Gasteiger partial charge in [0.25, 0.3) is 0 Å². The Morgan fingerprint density at radius 3 is 2.68 bits per heavy atom. The maximum absolute atomic E-state index is 13.5. The van der Waals surface area contributed by atoms with Gasteiger partial charge in [0.15, 0.2) is 0 Å². The van der Waals surface area contributed by atoms with Crippen LogP contribution in [-0.4, -0.2) is 14.9 Å². The Morgan fingerprint density at radius 2 is 2.05 bits per heavy atom. The van der Waals surface area contributed by atoms with Crippen LogP contribution in [0.25, 0.3) is 0 Å².